The summed E-state index contributed by atoms with van der Waals surface area (Å²) in [5, 5.41) is 4.28. The topological polar surface area (TPSA) is 55.1 Å². The molecule has 0 atom stereocenters. The quantitative estimate of drug-likeness (QED) is 0.502. The molecule has 0 spiro atoms. The zero-order valence-electron chi connectivity index (χ0n) is 13.3. The molecule has 4 nitrogen and oxygen atoms in total. The van der Waals surface area contributed by atoms with E-state index >= 15 is 0 Å². The third-order valence-electron chi connectivity index (χ3n) is 3.86. The average Bonchev–Trinajstić information content (AvgIpc) is 3.24. The summed E-state index contributed by atoms with van der Waals surface area (Å²) < 4.78 is 18.4. The third-order valence-corrected chi connectivity index (χ3v) is 5.09. The fraction of sp³-hybridized carbons (Fsp3) is 0.0526. The number of carbonyl (C=O) groups excluding carboxylic acids is 1. The molecule has 2 heterocycles. The lowest BCUT2D eigenvalue weighted by Gasteiger charge is -2.00. The van der Waals surface area contributed by atoms with Crippen LogP contribution in [0, 0.1) is 5.82 Å². The molecule has 130 valence electrons. The molecule has 7 heteroatoms. The van der Waals surface area contributed by atoms with E-state index in [4.69, 9.17) is 16.0 Å². The number of hydrogen-bond acceptors (Lipinski definition) is 4. The minimum absolute atomic E-state index is 0.267. The molecule has 0 aliphatic rings. The average molecular weight is 387 g/mol. The first-order chi connectivity index (χ1) is 12.6. The summed E-state index contributed by atoms with van der Waals surface area (Å²) in [7, 11) is 0. The largest absolute Gasteiger partial charge is 0.463 e. The van der Waals surface area contributed by atoms with Crippen molar-refractivity contribution in [1.82, 2.24) is 4.98 Å². The Balaban J connectivity index is 1.51. The van der Waals surface area contributed by atoms with Gasteiger partial charge >= 0.3 is 0 Å². The van der Waals surface area contributed by atoms with Crippen LogP contribution in [0.2, 0.25) is 5.02 Å². The summed E-state index contributed by atoms with van der Waals surface area (Å²) >= 11 is 7.54. The minimum atomic E-state index is -0.334. The second-order valence-corrected chi connectivity index (χ2v) is 7.17. The highest BCUT2D eigenvalue weighted by Crippen LogP contribution is 2.29. The van der Waals surface area contributed by atoms with Gasteiger partial charge in [-0.1, -0.05) is 29.8 Å². The molecule has 4 aromatic rings. The lowest BCUT2D eigenvalue weighted by molar-refractivity contribution is 0.102. The summed E-state index contributed by atoms with van der Waals surface area (Å²) in [5.74, 6) is -0.600. The molecule has 2 aromatic carbocycles. The maximum Gasteiger partial charge on any atom is 0.261 e. The number of carbonyl (C=O) groups is 1. The molecule has 0 saturated heterocycles. The maximum absolute atomic E-state index is 13.0. The van der Waals surface area contributed by atoms with Crippen LogP contribution >= 0.6 is 22.9 Å². The molecule has 26 heavy (non-hydrogen) atoms. The minimum Gasteiger partial charge on any atom is -0.463 e. The summed E-state index contributed by atoms with van der Waals surface area (Å²) in [4.78, 5) is 17.7. The molecule has 1 amide bonds. The Labute approximate surface area is 157 Å². The normalized spacial score (nSPS) is 11.0. The van der Waals surface area contributed by atoms with Crippen molar-refractivity contribution in [2.75, 3.05) is 5.32 Å². The van der Waals surface area contributed by atoms with Crippen LogP contribution in [0.4, 0.5) is 9.52 Å². The lowest BCUT2D eigenvalue weighted by atomic mass is 10.1. The van der Waals surface area contributed by atoms with Crippen molar-refractivity contribution in [2.45, 2.75) is 6.42 Å². The fourth-order valence-corrected chi connectivity index (χ4v) is 3.74. The molecular weight excluding hydrogens is 375 g/mol. The number of aromatic nitrogens is 1. The van der Waals surface area contributed by atoms with Crippen LogP contribution in [0.3, 0.4) is 0 Å². The highest BCUT2D eigenvalue weighted by atomic mass is 35.5. The molecule has 0 radical (unpaired) electrons. The predicted octanol–water partition coefficient (Wildman–Crippen LogP) is 5.52. The van der Waals surface area contributed by atoms with E-state index in [9.17, 15) is 9.18 Å². The van der Waals surface area contributed by atoms with Gasteiger partial charge < -0.3 is 4.42 Å². The van der Waals surface area contributed by atoms with Gasteiger partial charge in [-0.05, 0) is 29.8 Å². The van der Waals surface area contributed by atoms with Crippen LogP contribution in [0.1, 0.15) is 20.8 Å². The molecule has 0 bridgehead atoms. The number of rotatable bonds is 4. The first-order valence-corrected chi connectivity index (χ1v) is 8.96. The first-order valence-electron chi connectivity index (χ1n) is 7.76. The van der Waals surface area contributed by atoms with Crippen LogP contribution in [-0.4, -0.2) is 10.9 Å². The molecule has 0 aliphatic carbocycles. The second kappa shape index (κ2) is 6.90. The zero-order valence-corrected chi connectivity index (χ0v) is 14.9. The molecular formula is C19H12ClFN2O2S. The van der Waals surface area contributed by atoms with Gasteiger partial charge in [-0.25, -0.2) is 9.37 Å². The van der Waals surface area contributed by atoms with Crippen LogP contribution in [0.5, 0.6) is 0 Å². The van der Waals surface area contributed by atoms with Gasteiger partial charge in [-0.15, -0.1) is 11.3 Å². The summed E-state index contributed by atoms with van der Waals surface area (Å²) in [6.07, 6.45) is 3.71. The van der Waals surface area contributed by atoms with Crippen LogP contribution in [0.25, 0.3) is 11.0 Å². The van der Waals surface area contributed by atoms with Crippen molar-refractivity contribution in [2.24, 2.45) is 0 Å². The van der Waals surface area contributed by atoms with E-state index in [2.05, 4.69) is 10.3 Å². The number of nitrogens with zero attached hydrogens (tertiary/aromatic N) is 1. The number of thiazole rings is 1. The van der Waals surface area contributed by atoms with Gasteiger partial charge in [0.2, 0.25) is 0 Å². The molecule has 0 fully saturated rings. The van der Waals surface area contributed by atoms with Crippen LogP contribution in [-0.2, 0) is 6.42 Å². The number of furan rings is 1. The second-order valence-electron chi connectivity index (χ2n) is 5.65. The van der Waals surface area contributed by atoms with Crippen LogP contribution < -0.4 is 5.32 Å². The number of anilines is 1. The number of halogens is 2. The van der Waals surface area contributed by atoms with Crippen molar-refractivity contribution in [3.05, 3.63) is 81.8 Å². The van der Waals surface area contributed by atoms with E-state index in [0.29, 0.717) is 33.1 Å². The fourth-order valence-electron chi connectivity index (χ4n) is 2.63. The van der Waals surface area contributed by atoms with Crippen LogP contribution in [0.15, 0.2) is 59.3 Å². The Morgan fingerprint density at radius 1 is 1.23 bits per heavy atom. The monoisotopic (exact) mass is 386 g/mol. The highest BCUT2D eigenvalue weighted by molar-refractivity contribution is 7.15. The van der Waals surface area contributed by atoms with Crippen molar-refractivity contribution >= 4 is 44.9 Å². The highest BCUT2D eigenvalue weighted by Gasteiger charge is 2.17. The molecule has 4 rings (SSSR count). The van der Waals surface area contributed by atoms with Gasteiger partial charge in [0.1, 0.15) is 17.7 Å². The van der Waals surface area contributed by atoms with Crippen molar-refractivity contribution in [1.29, 1.82) is 0 Å². The Hall–Kier alpha value is -2.70. The van der Waals surface area contributed by atoms with E-state index in [1.807, 2.05) is 0 Å². The molecule has 1 N–H and O–H groups in total. The van der Waals surface area contributed by atoms with Crippen molar-refractivity contribution in [3.8, 4) is 0 Å². The molecule has 2 aromatic heterocycles. The Bertz CT molecular complexity index is 1090. The van der Waals surface area contributed by atoms with Gasteiger partial charge in [0, 0.05) is 17.5 Å². The number of nitrogens with one attached hydrogen (secondary N) is 1. The Morgan fingerprint density at radius 2 is 2.04 bits per heavy atom. The van der Waals surface area contributed by atoms with E-state index < -0.39 is 0 Å². The standard InChI is InChI=1S/C19H12ClFN2O2S/c20-15-2-1-3-16-17(15)14(10-25-16)18(24)23-19-22-9-13(26-19)8-11-4-6-12(21)7-5-11/h1-7,9-10H,8H2,(H,22,23,24). The van der Waals surface area contributed by atoms with Gasteiger partial charge in [-0.2, -0.15) is 0 Å². The number of fused-ring (bicyclic) bond motifs is 1. The molecule has 0 unspecified atom stereocenters. The van der Waals surface area contributed by atoms with E-state index in [0.717, 1.165) is 10.4 Å². The SMILES string of the molecule is O=C(Nc1ncc(Cc2ccc(F)cc2)s1)c1coc2cccc(Cl)c12. The number of hydrogen-bond donors (Lipinski definition) is 1. The first kappa shape index (κ1) is 16.8. The van der Waals surface area contributed by atoms with E-state index in [1.165, 1.54) is 29.7 Å². The maximum atomic E-state index is 13.0. The summed E-state index contributed by atoms with van der Waals surface area (Å²) in [5.41, 5.74) is 1.89. The van der Waals surface area contributed by atoms with Gasteiger partial charge in [0.05, 0.1) is 16.0 Å². The Morgan fingerprint density at radius 3 is 2.85 bits per heavy atom. The third kappa shape index (κ3) is 3.34. The summed E-state index contributed by atoms with van der Waals surface area (Å²) in [6.45, 7) is 0. The molecule has 0 aliphatic heterocycles. The summed E-state index contributed by atoms with van der Waals surface area (Å²) in [6, 6.07) is 11.5. The zero-order chi connectivity index (χ0) is 18.1. The van der Waals surface area contributed by atoms with Gasteiger partial charge in [0.25, 0.3) is 5.91 Å². The van der Waals surface area contributed by atoms with Crippen molar-refractivity contribution in [3.63, 3.8) is 0 Å². The van der Waals surface area contributed by atoms with E-state index in [1.54, 1.807) is 36.5 Å². The molecule has 0 saturated carbocycles. The van der Waals surface area contributed by atoms with Crippen molar-refractivity contribution < 1.29 is 13.6 Å². The smallest absolute Gasteiger partial charge is 0.261 e. The number of amides is 1. The van der Waals surface area contributed by atoms with Gasteiger partial charge in [-0.3, -0.25) is 10.1 Å². The van der Waals surface area contributed by atoms with Gasteiger partial charge in [0.15, 0.2) is 5.13 Å². The lowest BCUT2D eigenvalue weighted by Crippen LogP contribution is -2.11. The van der Waals surface area contributed by atoms with E-state index in [-0.39, 0.29) is 11.7 Å². The predicted molar refractivity (Wildman–Crippen MR) is 100 cm³/mol. The Kier molecular flexibility index (Phi) is 4.44. The number of benzene rings is 2.